The third-order valence-corrected chi connectivity index (χ3v) is 8.25. The number of hydrogen-bond acceptors (Lipinski definition) is 5. The zero-order valence-electron chi connectivity index (χ0n) is 18.4. The van der Waals surface area contributed by atoms with Crippen molar-refractivity contribution in [3.63, 3.8) is 0 Å². The van der Waals surface area contributed by atoms with Crippen LogP contribution in [-0.2, 0) is 36.3 Å². The number of fused-ring (bicyclic) bond motifs is 5. The predicted octanol–water partition coefficient (Wildman–Crippen LogP) is 3.97. The van der Waals surface area contributed by atoms with Crippen LogP contribution in [0.25, 0.3) is 0 Å². The number of ketones is 2. The zero-order chi connectivity index (χ0) is 23.3. The van der Waals surface area contributed by atoms with Gasteiger partial charge in [0.05, 0.1) is 21.6 Å². The minimum atomic E-state index is -1.80. The molecule has 0 saturated carbocycles. The first-order chi connectivity index (χ1) is 15.8. The van der Waals surface area contributed by atoms with Crippen LogP contribution in [0.1, 0.15) is 36.0 Å². The highest BCUT2D eigenvalue weighted by atomic mass is 32.2. The van der Waals surface area contributed by atoms with Gasteiger partial charge in [-0.2, -0.15) is 0 Å². The maximum absolute atomic E-state index is 13.7. The Balaban J connectivity index is 1.61. The molecule has 0 amide bonds. The van der Waals surface area contributed by atoms with Crippen molar-refractivity contribution in [3.05, 3.63) is 87.9 Å². The first-order valence-corrected chi connectivity index (χ1v) is 12.2. The molecule has 0 bridgehead atoms. The smallest absolute Gasteiger partial charge is 0.303 e. The Morgan fingerprint density at radius 1 is 1.00 bits per heavy atom. The number of aryl methyl sites for hydroxylation is 2. The van der Waals surface area contributed by atoms with E-state index in [4.69, 9.17) is 4.74 Å². The van der Waals surface area contributed by atoms with Gasteiger partial charge in [-0.15, -0.1) is 0 Å². The standard InChI is InChI=1S/C27H24O5S/c1-15-7-11-19(12-8-15)33(31)23-14-21(29)25-24-18(10-9-17-5-3-4-6-20(17)24)13-22(32-16(2)28)26(25)27(23)30/h3-8,11-14,22,24-26H,9-10H2,1-2H3/t22?,24?,25?,26?,33-/m1/s1. The number of ether oxygens (including phenoxy) is 1. The van der Waals surface area contributed by atoms with Crippen LogP contribution in [0, 0.1) is 18.8 Å². The molecule has 3 aliphatic carbocycles. The summed E-state index contributed by atoms with van der Waals surface area (Å²) >= 11 is 0. The lowest BCUT2D eigenvalue weighted by atomic mass is 9.60. The average Bonchev–Trinajstić information content (AvgIpc) is 2.80. The minimum Gasteiger partial charge on any atom is -0.457 e. The van der Waals surface area contributed by atoms with E-state index in [0.717, 1.165) is 29.5 Å². The molecule has 0 aliphatic heterocycles. The van der Waals surface area contributed by atoms with Gasteiger partial charge in [-0.1, -0.05) is 47.5 Å². The van der Waals surface area contributed by atoms with Gasteiger partial charge < -0.3 is 4.74 Å². The molecule has 0 heterocycles. The van der Waals surface area contributed by atoms with Crippen molar-refractivity contribution in [1.82, 2.24) is 0 Å². The molecule has 4 unspecified atom stereocenters. The predicted molar refractivity (Wildman–Crippen MR) is 124 cm³/mol. The van der Waals surface area contributed by atoms with E-state index in [1.807, 2.05) is 43.3 Å². The van der Waals surface area contributed by atoms with Crippen LogP contribution in [0.4, 0.5) is 0 Å². The quantitative estimate of drug-likeness (QED) is 0.512. The fraction of sp³-hybridized carbons (Fsp3) is 0.296. The summed E-state index contributed by atoms with van der Waals surface area (Å²) in [5.41, 5.74) is 4.25. The highest BCUT2D eigenvalue weighted by Crippen LogP contribution is 2.51. The van der Waals surface area contributed by atoms with E-state index in [2.05, 4.69) is 6.07 Å². The summed E-state index contributed by atoms with van der Waals surface area (Å²) in [6.45, 7) is 3.22. The largest absolute Gasteiger partial charge is 0.457 e. The second-order valence-corrected chi connectivity index (χ2v) is 10.3. The van der Waals surface area contributed by atoms with Gasteiger partial charge in [0.25, 0.3) is 0 Å². The molecular formula is C27H24O5S. The van der Waals surface area contributed by atoms with E-state index in [9.17, 15) is 18.6 Å². The summed E-state index contributed by atoms with van der Waals surface area (Å²) in [5.74, 6) is -2.95. The van der Waals surface area contributed by atoms with E-state index < -0.39 is 34.7 Å². The van der Waals surface area contributed by atoms with Crippen LogP contribution in [0.2, 0.25) is 0 Å². The fourth-order valence-corrected chi connectivity index (χ4v) is 6.56. The maximum atomic E-state index is 13.7. The molecule has 6 heteroatoms. The number of rotatable bonds is 3. The van der Waals surface area contributed by atoms with Crippen molar-refractivity contribution >= 4 is 28.3 Å². The Morgan fingerprint density at radius 2 is 1.73 bits per heavy atom. The molecule has 33 heavy (non-hydrogen) atoms. The lowest BCUT2D eigenvalue weighted by Gasteiger charge is -2.44. The Morgan fingerprint density at radius 3 is 2.45 bits per heavy atom. The van der Waals surface area contributed by atoms with Crippen LogP contribution in [-0.4, -0.2) is 27.8 Å². The van der Waals surface area contributed by atoms with Crippen molar-refractivity contribution in [3.8, 4) is 0 Å². The Hall–Kier alpha value is -3.12. The summed E-state index contributed by atoms with van der Waals surface area (Å²) in [5, 5.41) is 0. The number of benzene rings is 2. The molecule has 2 aromatic carbocycles. The van der Waals surface area contributed by atoms with Crippen LogP contribution >= 0.6 is 0 Å². The van der Waals surface area contributed by atoms with Crippen LogP contribution in [0.3, 0.4) is 0 Å². The van der Waals surface area contributed by atoms with Crippen LogP contribution < -0.4 is 0 Å². The van der Waals surface area contributed by atoms with Crippen molar-refractivity contribution in [2.45, 2.75) is 43.6 Å². The van der Waals surface area contributed by atoms with Gasteiger partial charge in [0.15, 0.2) is 11.6 Å². The number of esters is 1. The molecule has 5 atom stereocenters. The average molecular weight is 461 g/mol. The molecule has 5 rings (SSSR count). The first-order valence-electron chi connectivity index (χ1n) is 11.1. The van der Waals surface area contributed by atoms with Crippen molar-refractivity contribution in [2.24, 2.45) is 11.8 Å². The molecule has 3 aliphatic rings. The van der Waals surface area contributed by atoms with E-state index >= 15 is 0 Å². The second-order valence-electron chi connectivity index (χ2n) is 8.90. The molecule has 0 fully saturated rings. The fourth-order valence-electron chi connectivity index (χ4n) is 5.38. The third-order valence-electron chi connectivity index (χ3n) is 6.84. The Labute approximate surface area is 195 Å². The molecule has 0 aromatic heterocycles. The number of carbonyl (C=O) groups is 3. The molecule has 0 N–H and O–H groups in total. The topological polar surface area (TPSA) is 77.5 Å². The van der Waals surface area contributed by atoms with Crippen molar-refractivity contribution in [1.29, 1.82) is 0 Å². The zero-order valence-corrected chi connectivity index (χ0v) is 19.3. The van der Waals surface area contributed by atoms with E-state index in [1.165, 1.54) is 18.6 Å². The van der Waals surface area contributed by atoms with E-state index in [0.29, 0.717) is 4.90 Å². The maximum Gasteiger partial charge on any atom is 0.303 e. The lowest BCUT2D eigenvalue weighted by molar-refractivity contribution is -0.152. The van der Waals surface area contributed by atoms with E-state index in [1.54, 1.807) is 12.1 Å². The monoisotopic (exact) mass is 460 g/mol. The van der Waals surface area contributed by atoms with Crippen LogP contribution in [0.15, 0.2) is 76.1 Å². The number of Topliss-reactive ketones (excluding diaryl/α,β-unsaturated/α-hetero) is 1. The Kier molecular flexibility index (Phi) is 5.49. The molecule has 0 saturated heterocycles. The number of carbonyl (C=O) groups excluding carboxylic acids is 3. The lowest BCUT2D eigenvalue weighted by Crippen LogP contribution is -2.49. The molecular weight excluding hydrogens is 436 g/mol. The van der Waals surface area contributed by atoms with Gasteiger partial charge in [-0.05, 0) is 49.1 Å². The summed E-state index contributed by atoms with van der Waals surface area (Å²) in [7, 11) is -1.80. The second kappa shape index (κ2) is 8.34. The normalized spacial score (nSPS) is 26.8. The van der Waals surface area contributed by atoms with E-state index in [-0.39, 0.29) is 22.4 Å². The SMILES string of the molecule is CC(=O)OC1C=C2CCc3ccccc3C2C2C(=O)C=C([S@](=O)c3ccc(C)cc3)C(=O)C12. The summed E-state index contributed by atoms with van der Waals surface area (Å²) < 4.78 is 18.8. The highest BCUT2D eigenvalue weighted by molar-refractivity contribution is 7.90. The molecule has 0 radical (unpaired) electrons. The molecule has 168 valence electrons. The number of hydrogen-bond donors (Lipinski definition) is 0. The molecule has 2 aromatic rings. The van der Waals surface area contributed by atoms with Gasteiger partial charge >= 0.3 is 5.97 Å². The van der Waals surface area contributed by atoms with Gasteiger partial charge in [-0.3, -0.25) is 14.4 Å². The van der Waals surface area contributed by atoms with Crippen molar-refractivity contribution < 1.29 is 23.3 Å². The van der Waals surface area contributed by atoms with Gasteiger partial charge in [0.2, 0.25) is 0 Å². The summed E-state index contributed by atoms with van der Waals surface area (Å²) in [4.78, 5) is 39.6. The summed E-state index contributed by atoms with van der Waals surface area (Å²) in [6, 6.07) is 15.0. The minimum absolute atomic E-state index is 0.0248. The third kappa shape index (κ3) is 3.72. The van der Waals surface area contributed by atoms with Gasteiger partial charge in [-0.25, -0.2) is 4.21 Å². The summed E-state index contributed by atoms with van der Waals surface area (Å²) in [6.07, 6.45) is 3.86. The Bertz CT molecular complexity index is 1250. The first kappa shape index (κ1) is 21.7. The van der Waals surface area contributed by atoms with Crippen LogP contribution in [0.5, 0.6) is 0 Å². The van der Waals surface area contributed by atoms with Crippen molar-refractivity contribution in [2.75, 3.05) is 0 Å². The molecule has 0 spiro atoms. The molecule has 5 nitrogen and oxygen atoms in total. The van der Waals surface area contributed by atoms with Gasteiger partial charge in [0, 0.05) is 29.7 Å². The van der Waals surface area contributed by atoms with Gasteiger partial charge in [0.1, 0.15) is 6.10 Å². The number of allylic oxidation sites excluding steroid dienone is 3. The highest BCUT2D eigenvalue weighted by Gasteiger charge is 2.53.